The maximum Gasteiger partial charge on any atom is 0.329 e. The fraction of sp³-hybridized carbons (Fsp3) is 0.167. The van der Waals surface area contributed by atoms with Gasteiger partial charge in [-0.1, -0.05) is 29.5 Å². The number of nitrogen functional groups attached to an aromatic ring is 1. The van der Waals surface area contributed by atoms with E-state index in [4.69, 9.17) is 10.5 Å². The molecule has 3 aromatic rings. The SMILES string of the molecule is COc1ccc([C@H](Cc2ccc(F)c(F)c2)c2csc(N)[nH+]2)cc1. The molecule has 0 fully saturated rings. The van der Waals surface area contributed by atoms with Crippen LogP contribution >= 0.6 is 11.3 Å². The van der Waals surface area contributed by atoms with Gasteiger partial charge in [0.2, 0.25) is 0 Å². The summed E-state index contributed by atoms with van der Waals surface area (Å²) in [5.74, 6) is -0.964. The molecule has 3 nitrogen and oxygen atoms in total. The maximum absolute atomic E-state index is 13.5. The van der Waals surface area contributed by atoms with Crippen molar-refractivity contribution in [3.05, 3.63) is 76.3 Å². The number of benzene rings is 2. The molecule has 0 bridgehead atoms. The van der Waals surface area contributed by atoms with Crippen molar-refractivity contribution in [3.63, 3.8) is 0 Å². The third kappa shape index (κ3) is 3.54. The largest absolute Gasteiger partial charge is 0.497 e. The summed E-state index contributed by atoms with van der Waals surface area (Å²) in [7, 11) is 1.61. The van der Waals surface area contributed by atoms with Crippen molar-refractivity contribution < 1.29 is 18.5 Å². The molecule has 1 aromatic heterocycles. The van der Waals surface area contributed by atoms with Crippen LogP contribution in [-0.2, 0) is 6.42 Å². The molecule has 0 aliphatic heterocycles. The fourth-order valence-electron chi connectivity index (χ4n) is 2.64. The van der Waals surface area contributed by atoms with Crippen LogP contribution in [0.4, 0.5) is 13.9 Å². The van der Waals surface area contributed by atoms with Gasteiger partial charge in [0.05, 0.1) is 13.0 Å². The second-order valence-corrected chi connectivity index (χ2v) is 6.37. The number of nitrogens with one attached hydrogen (secondary N) is 1. The van der Waals surface area contributed by atoms with Crippen LogP contribution in [0.5, 0.6) is 5.75 Å². The topological polar surface area (TPSA) is 49.4 Å². The highest BCUT2D eigenvalue weighted by Gasteiger charge is 2.21. The first kappa shape index (κ1) is 16.4. The normalized spacial score (nSPS) is 12.1. The monoisotopic (exact) mass is 347 g/mol. The number of nitrogens with two attached hydrogens (primary N) is 1. The molecule has 0 spiro atoms. The molecule has 6 heteroatoms. The van der Waals surface area contributed by atoms with E-state index in [9.17, 15) is 8.78 Å². The quantitative estimate of drug-likeness (QED) is 0.763. The number of ether oxygens (including phenoxy) is 1. The minimum atomic E-state index is -0.842. The molecule has 0 unspecified atom stereocenters. The minimum Gasteiger partial charge on any atom is -0.497 e. The van der Waals surface area contributed by atoms with Gasteiger partial charge in [0.25, 0.3) is 0 Å². The van der Waals surface area contributed by atoms with Crippen LogP contribution in [0.2, 0.25) is 0 Å². The lowest BCUT2D eigenvalue weighted by Gasteiger charge is -2.15. The number of anilines is 1. The second kappa shape index (κ2) is 6.97. The van der Waals surface area contributed by atoms with Gasteiger partial charge in [-0.3, -0.25) is 5.73 Å². The molecule has 1 heterocycles. The van der Waals surface area contributed by atoms with Crippen LogP contribution in [0.3, 0.4) is 0 Å². The van der Waals surface area contributed by atoms with E-state index in [1.807, 2.05) is 29.6 Å². The Morgan fingerprint density at radius 2 is 1.88 bits per heavy atom. The smallest absolute Gasteiger partial charge is 0.329 e. The molecular weight excluding hydrogens is 330 g/mol. The predicted octanol–water partition coefficient (Wildman–Crippen LogP) is 3.81. The van der Waals surface area contributed by atoms with Crippen LogP contribution in [0.1, 0.15) is 22.7 Å². The zero-order valence-corrected chi connectivity index (χ0v) is 13.9. The molecule has 0 amide bonds. The van der Waals surface area contributed by atoms with Gasteiger partial charge in [-0.25, -0.2) is 13.8 Å². The lowest BCUT2D eigenvalue weighted by atomic mass is 9.89. The zero-order valence-electron chi connectivity index (χ0n) is 13.1. The van der Waals surface area contributed by atoms with Crippen LogP contribution in [0.25, 0.3) is 0 Å². The van der Waals surface area contributed by atoms with Crippen molar-refractivity contribution >= 4 is 16.5 Å². The van der Waals surface area contributed by atoms with Gasteiger partial charge in [0, 0.05) is 5.38 Å². The summed E-state index contributed by atoms with van der Waals surface area (Å²) in [6.07, 6.45) is 0.524. The van der Waals surface area contributed by atoms with Crippen LogP contribution < -0.4 is 15.5 Å². The van der Waals surface area contributed by atoms with Crippen molar-refractivity contribution in [2.45, 2.75) is 12.3 Å². The predicted molar refractivity (Wildman–Crippen MR) is 90.2 cm³/mol. The van der Waals surface area contributed by atoms with Crippen molar-refractivity contribution in [1.29, 1.82) is 0 Å². The highest BCUT2D eigenvalue weighted by atomic mass is 32.1. The molecule has 3 N–H and O–H groups in total. The first-order valence-corrected chi connectivity index (χ1v) is 8.29. The number of H-pyrrole nitrogens is 1. The van der Waals surface area contributed by atoms with Gasteiger partial charge in [0.15, 0.2) is 11.6 Å². The summed E-state index contributed by atoms with van der Waals surface area (Å²) in [5, 5.41) is 2.55. The maximum atomic E-state index is 13.5. The summed E-state index contributed by atoms with van der Waals surface area (Å²) in [4.78, 5) is 3.15. The number of aromatic amines is 1. The molecule has 1 atom stereocenters. The Labute approximate surface area is 142 Å². The average molecular weight is 347 g/mol. The molecule has 0 aliphatic rings. The van der Waals surface area contributed by atoms with Gasteiger partial charge in [-0.2, -0.15) is 0 Å². The molecule has 0 saturated heterocycles. The number of aromatic nitrogens is 1. The van der Waals surface area contributed by atoms with Gasteiger partial charge < -0.3 is 4.74 Å². The number of halogens is 2. The summed E-state index contributed by atoms with van der Waals surface area (Å²) < 4.78 is 31.9. The Morgan fingerprint density at radius 3 is 2.46 bits per heavy atom. The number of hydrogen-bond acceptors (Lipinski definition) is 3. The van der Waals surface area contributed by atoms with E-state index in [1.54, 1.807) is 13.2 Å². The Morgan fingerprint density at radius 1 is 1.12 bits per heavy atom. The van der Waals surface area contributed by atoms with Crippen molar-refractivity contribution in [3.8, 4) is 5.75 Å². The molecular formula is C18H17F2N2OS+. The summed E-state index contributed by atoms with van der Waals surface area (Å²) in [6.45, 7) is 0. The molecule has 3 rings (SSSR count). The van der Waals surface area contributed by atoms with E-state index in [0.29, 0.717) is 17.1 Å². The van der Waals surface area contributed by atoms with E-state index in [2.05, 4.69) is 4.98 Å². The first-order chi connectivity index (χ1) is 11.6. The van der Waals surface area contributed by atoms with E-state index in [1.165, 1.54) is 17.4 Å². The number of methoxy groups -OCH3 is 1. The minimum absolute atomic E-state index is 0.0469. The first-order valence-electron chi connectivity index (χ1n) is 7.41. The number of hydrogen-bond donors (Lipinski definition) is 1. The standard InChI is InChI=1S/C18H16F2N2OS/c1-23-13-5-3-12(4-6-13)14(17-10-24-18(21)22-17)8-11-2-7-15(19)16(20)9-11/h2-7,9-10,14H,8H2,1H3,(H2,21,22)/p+1/t14-/m0/s1. The molecule has 124 valence electrons. The molecule has 2 aromatic carbocycles. The Balaban J connectivity index is 1.96. The van der Waals surface area contributed by atoms with Gasteiger partial charge in [-0.05, 0) is 41.8 Å². The van der Waals surface area contributed by atoms with Crippen LogP contribution in [-0.4, -0.2) is 7.11 Å². The van der Waals surface area contributed by atoms with Gasteiger partial charge in [-0.15, -0.1) is 0 Å². The van der Waals surface area contributed by atoms with E-state index >= 15 is 0 Å². The average Bonchev–Trinajstić information content (AvgIpc) is 3.02. The summed E-state index contributed by atoms with van der Waals surface area (Å²) in [5.41, 5.74) is 8.50. The molecule has 0 radical (unpaired) electrons. The van der Waals surface area contributed by atoms with Crippen LogP contribution in [0.15, 0.2) is 47.8 Å². The molecule has 0 aliphatic carbocycles. The zero-order chi connectivity index (χ0) is 17.1. The van der Waals surface area contributed by atoms with Crippen molar-refractivity contribution in [2.24, 2.45) is 0 Å². The third-order valence-electron chi connectivity index (χ3n) is 3.90. The second-order valence-electron chi connectivity index (χ2n) is 5.46. The van der Waals surface area contributed by atoms with Gasteiger partial charge in [0.1, 0.15) is 11.4 Å². The van der Waals surface area contributed by atoms with Crippen LogP contribution in [0, 0.1) is 11.6 Å². The highest BCUT2D eigenvalue weighted by Crippen LogP contribution is 2.29. The van der Waals surface area contributed by atoms with E-state index in [0.717, 1.165) is 23.1 Å². The summed E-state index contributed by atoms with van der Waals surface area (Å²) in [6, 6.07) is 11.7. The highest BCUT2D eigenvalue weighted by molar-refractivity contribution is 7.13. The molecule has 24 heavy (non-hydrogen) atoms. The summed E-state index contributed by atoms with van der Waals surface area (Å²) >= 11 is 1.41. The number of rotatable bonds is 5. The fourth-order valence-corrected chi connectivity index (χ4v) is 3.30. The lowest BCUT2D eigenvalue weighted by molar-refractivity contribution is -0.368. The Kier molecular flexibility index (Phi) is 4.76. The van der Waals surface area contributed by atoms with Crippen molar-refractivity contribution in [2.75, 3.05) is 12.8 Å². The number of thiazole rings is 1. The Bertz CT molecular complexity index is 833. The van der Waals surface area contributed by atoms with Gasteiger partial charge >= 0.3 is 5.13 Å². The lowest BCUT2D eigenvalue weighted by Crippen LogP contribution is -2.17. The van der Waals surface area contributed by atoms with E-state index in [-0.39, 0.29) is 5.92 Å². The third-order valence-corrected chi connectivity index (χ3v) is 4.63. The molecule has 0 saturated carbocycles. The van der Waals surface area contributed by atoms with Crippen molar-refractivity contribution in [1.82, 2.24) is 0 Å². The Hall–Kier alpha value is -2.47. The van der Waals surface area contributed by atoms with E-state index < -0.39 is 11.6 Å².